The zero-order chi connectivity index (χ0) is 5.44. The molecule has 0 radical (unpaired) electrons. The van der Waals surface area contributed by atoms with Gasteiger partial charge in [-0.25, -0.2) is 4.39 Å². The summed E-state index contributed by atoms with van der Waals surface area (Å²) in [4.78, 5) is 9.73. The Morgan fingerprint density at radius 3 is 2.29 bits per heavy atom. The first-order chi connectivity index (χ1) is 3.22. The molecule has 0 heterocycles. The molecule has 0 aliphatic heterocycles. The Balaban J connectivity index is 2.33. The summed E-state index contributed by atoms with van der Waals surface area (Å²) < 4.78 is 11.6. The van der Waals surface area contributed by atoms with E-state index in [-0.39, 0.29) is 6.42 Å². The number of aliphatic carboxylic acids is 1. The van der Waals surface area contributed by atoms with Crippen molar-refractivity contribution in [2.24, 2.45) is 5.92 Å². The summed E-state index contributed by atoms with van der Waals surface area (Å²) in [5.74, 6) is -1.69. The number of halogens is 1. The van der Waals surface area contributed by atoms with Crippen molar-refractivity contribution >= 4 is 5.97 Å². The SMILES string of the molecule is O=C(O)C1CC1F. The molecule has 0 aromatic heterocycles. The minimum absolute atomic E-state index is 0.218. The third-order valence-corrected chi connectivity index (χ3v) is 1.03. The topological polar surface area (TPSA) is 37.3 Å². The van der Waals surface area contributed by atoms with Crippen LogP contribution in [0.5, 0.6) is 0 Å². The monoisotopic (exact) mass is 104 g/mol. The van der Waals surface area contributed by atoms with Crippen LogP contribution in [0.1, 0.15) is 6.42 Å². The van der Waals surface area contributed by atoms with E-state index in [0.717, 1.165) is 0 Å². The fourth-order valence-corrected chi connectivity index (χ4v) is 0.420. The molecule has 1 N–H and O–H groups in total. The molecule has 0 aromatic rings. The Hall–Kier alpha value is -0.600. The van der Waals surface area contributed by atoms with Gasteiger partial charge in [-0.15, -0.1) is 0 Å². The number of hydrogen-bond donors (Lipinski definition) is 1. The normalized spacial score (nSPS) is 37.9. The zero-order valence-electron chi connectivity index (χ0n) is 3.60. The van der Waals surface area contributed by atoms with E-state index in [0.29, 0.717) is 0 Å². The average Bonchev–Trinajstić information content (AvgIpc) is 2.17. The van der Waals surface area contributed by atoms with Crippen molar-refractivity contribution in [1.82, 2.24) is 0 Å². The van der Waals surface area contributed by atoms with Crippen molar-refractivity contribution in [1.29, 1.82) is 0 Å². The largest absolute Gasteiger partial charge is 0.481 e. The molecule has 2 atom stereocenters. The Labute approximate surface area is 39.9 Å². The summed E-state index contributed by atoms with van der Waals surface area (Å²) in [6.07, 6.45) is -0.840. The highest BCUT2D eigenvalue weighted by Gasteiger charge is 2.43. The maximum absolute atomic E-state index is 11.6. The van der Waals surface area contributed by atoms with E-state index in [4.69, 9.17) is 5.11 Å². The lowest BCUT2D eigenvalue weighted by Gasteiger charge is -1.77. The predicted octanol–water partition coefficient (Wildman–Crippen LogP) is 0.429. The van der Waals surface area contributed by atoms with Gasteiger partial charge in [-0.1, -0.05) is 0 Å². The van der Waals surface area contributed by atoms with E-state index >= 15 is 0 Å². The average molecular weight is 104 g/mol. The van der Waals surface area contributed by atoms with Crippen LogP contribution in [0.25, 0.3) is 0 Å². The van der Waals surface area contributed by atoms with E-state index in [1.165, 1.54) is 0 Å². The molecule has 1 saturated carbocycles. The van der Waals surface area contributed by atoms with Gasteiger partial charge < -0.3 is 5.11 Å². The van der Waals surface area contributed by atoms with Gasteiger partial charge in [0.2, 0.25) is 0 Å². The standard InChI is InChI=1S/C4H5FO2/c5-3-1-2(3)4(6)7/h2-3H,1H2,(H,6,7). The molecule has 0 saturated heterocycles. The maximum atomic E-state index is 11.6. The summed E-state index contributed by atoms with van der Waals surface area (Å²) >= 11 is 0. The molecule has 2 nitrogen and oxygen atoms in total. The number of rotatable bonds is 1. The van der Waals surface area contributed by atoms with Gasteiger partial charge in [0, 0.05) is 0 Å². The van der Waals surface area contributed by atoms with Crippen LogP contribution in [0.2, 0.25) is 0 Å². The molecule has 7 heavy (non-hydrogen) atoms. The number of hydrogen-bond acceptors (Lipinski definition) is 1. The smallest absolute Gasteiger partial charge is 0.309 e. The van der Waals surface area contributed by atoms with Crippen LogP contribution in [-0.4, -0.2) is 17.2 Å². The first kappa shape index (κ1) is 4.56. The highest BCUT2D eigenvalue weighted by molar-refractivity contribution is 5.73. The Kier molecular flexibility index (Phi) is 0.770. The van der Waals surface area contributed by atoms with Crippen molar-refractivity contribution < 1.29 is 14.3 Å². The molecule has 1 aliphatic rings. The van der Waals surface area contributed by atoms with Crippen LogP contribution in [0.15, 0.2) is 0 Å². The van der Waals surface area contributed by atoms with Crippen LogP contribution < -0.4 is 0 Å². The molecular formula is C4H5FO2. The van der Waals surface area contributed by atoms with Gasteiger partial charge in [0.05, 0.1) is 5.92 Å². The molecule has 0 spiro atoms. The van der Waals surface area contributed by atoms with E-state index in [1.54, 1.807) is 0 Å². The fourth-order valence-electron chi connectivity index (χ4n) is 0.420. The minimum Gasteiger partial charge on any atom is -0.481 e. The van der Waals surface area contributed by atoms with Gasteiger partial charge in [0.1, 0.15) is 6.17 Å². The van der Waals surface area contributed by atoms with E-state index < -0.39 is 18.1 Å². The molecule has 2 unspecified atom stereocenters. The second-order valence-corrected chi connectivity index (χ2v) is 1.70. The Bertz CT molecular complexity index is 102. The highest BCUT2D eigenvalue weighted by Crippen LogP contribution is 2.33. The lowest BCUT2D eigenvalue weighted by Crippen LogP contribution is -1.98. The van der Waals surface area contributed by atoms with E-state index in [2.05, 4.69) is 0 Å². The molecular weight excluding hydrogens is 99.0 g/mol. The highest BCUT2D eigenvalue weighted by atomic mass is 19.1. The summed E-state index contributed by atoms with van der Waals surface area (Å²) in [6, 6.07) is 0. The molecule has 3 heteroatoms. The van der Waals surface area contributed by atoms with Crippen molar-refractivity contribution in [3.8, 4) is 0 Å². The first-order valence-corrected chi connectivity index (χ1v) is 2.08. The van der Waals surface area contributed by atoms with Gasteiger partial charge in [-0.3, -0.25) is 4.79 Å². The fraction of sp³-hybridized carbons (Fsp3) is 0.750. The van der Waals surface area contributed by atoms with Gasteiger partial charge in [-0.05, 0) is 6.42 Å². The number of carboxylic acid groups (broad SMARTS) is 1. The van der Waals surface area contributed by atoms with Gasteiger partial charge in [0.15, 0.2) is 0 Å². The Morgan fingerprint density at radius 2 is 2.29 bits per heavy atom. The lowest BCUT2D eigenvalue weighted by atomic mass is 10.4. The van der Waals surface area contributed by atoms with Crippen LogP contribution in [0.3, 0.4) is 0 Å². The molecule has 1 aliphatic carbocycles. The summed E-state index contributed by atoms with van der Waals surface area (Å²) in [7, 11) is 0. The molecule has 1 fully saturated rings. The first-order valence-electron chi connectivity index (χ1n) is 2.08. The predicted molar refractivity (Wildman–Crippen MR) is 20.6 cm³/mol. The maximum Gasteiger partial charge on any atom is 0.309 e. The third-order valence-electron chi connectivity index (χ3n) is 1.03. The molecule has 0 bridgehead atoms. The zero-order valence-corrected chi connectivity index (χ0v) is 3.60. The molecule has 1 rings (SSSR count). The quantitative estimate of drug-likeness (QED) is 0.523. The molecule has 0 aromatic carbocycles. The van der Waals surface area contributed by atoms with Crippen LogP contribution in [-0.2, 0) is 4.79 Å². The van der Waals surface area contributed by atoms with Crippen molar-refractivity contribution in [3.05, 3.63) is 0 Å². The summed E-state index contributed by atoms with van der Waals surface area (Å²) in [5, 5.41) is 7.98. The summed E-state index contributed by atoms with van der Waals surface area (Å²) in [5.41, 5.74) is 0. The minimum atomic E-state index is -1.06. The van der Waals surface area contributed by atoms with E-state index in [9.17, 15) is 9.18 Å². The van der Waals surface area contributed by atoms with Crippen molar-refractivity contribution in [2.75, 3.05) is 0 Å². The van der Waals surface area contributed by atoms with Gasteiger partial charge >= 0.3 is 5.97 Å². The molecule has 40 valence electrons. The Morgan fingerprint density at radius 1 is 1.86 bits per heavy atom. The van der Waals surface area contributed by atoms with Crippen LogP contribution >= 0.6 is 0 Å². The van der Waals surface area contributed by atoms with Crippen LogP contribution in [0.4, 0.5) is 4.39 Å². The van der Waals surface area contributed by atoms with Gasteiger partial charge in [0.25, 0.3) is 0 Å². The molecule has 0 amide bonds. The number of alkyl halides is 1. The second-order valence-electron chi connectivity index (χ2n) is 1.70. The van der Waals surface area contributed by atoms with Crippen LogP contribution in [0, 0.1) is 5.92 Å². The van der Waals surface area contributed by atoms with E-state index in [1.807, 2.05) is 0 Å². The summed E-state index contributed by atoms with van der Waals surface area (Å²) in [6.45, 7) is 0. The lowest BCUT2D eigenvalue weighted by molar-refractivity contribution is -0.138. The second kappa shape index (κ2) is 1.18. The van der Waals surface area contributed by atoms with Crippen molar-refractivity contribution in [3.63, 3.8) is 0 Å². The number of carbonyl (C=O) groups is 1. The van der Waals surface area contributed by atoms with Crippen molar-refractivity contribution in [2.45, 2.75) is 12.6 Å². The number of carboxylic acids is 1. The van der Waals surface area contributed by atoms with Gasteiger partial charge in [-0.2, -0.15) is 0 Å². The third kappa shape index (κ3) is 0.706.